The molecule has 1 aliphatic heterocycles. The fourth-order valence-electron chi connectivity index (χ4n) is 2.66. The molecule has 126 valence electrons. The molecule has 2 aromatic carbocycles. The van der Waals surface area contributed by atoms with Gasteiger partial charge in [0.05, 0.1) is 11.4 Å². The lowest BCUT2D eigenvalue weighted by Crippen LogP contribution is -2.25. The van der Waals surface area contributed by atoms with E-state index in [-0.39, 0.29) is 23.2 Å². The first kappa shape index (κ1) is 17.3. The molecule has 0 atom stereocenters. The second kappa shape index (κ2) is 8.01. The first-order valence-corrected chi connectivity index (χ1v) is 9.30. The zero-order chi connectivity index (χ0) is 16.9. The lowest BCUT2D eigenvalue weighted by molar-refractivity contribution is -0.113. The highest BCUT2D eigenvalue weighted by atomic mass is 35.5. The van der Waals surface area contributed by atoms with E-state index < -0.39 is 0 Å². The summed E-state index contributed by atoms with van der Waals surface area (Å²) in [5, 5.41) is 6.58. The number of carbonyl (C=O) groups excluding carboxylic acids is 1. The Morgan fingerprint density at radius 1 is 1.25 bits per heavy atom. The van der Waals surface area contributed by atoms with Crippen molar-refractivity contribution in [2.75, 3.05) is 17.6 Å². The van der Waals surface area contributed by atoms with Gasteiger partial charge in [0.1, 0.15) is 5.82 Å². The number of carbonyl (C=O) groups is 1. The van der Waals surface area contributed by atoms with Gasteiger partial charge in [0.25, 0.3) is 0 Å². The summed E-state index contributed by atoms with van der Waals surface area (Å²) < 4.78 is 14.5. The highest BCUT2D eigenvalue weighted by molar-refractivity contribution is 7.99. The summed E-state index contributed by atoms with van der Waals surface area (Å²) in [6, 6.07) is 11.0. The largest absolute Gasteiger partial charge is 0.323 e. The third-order valence-corrected chi connectivity index (χ3v) is 5.15. The molecule has 3 nitrogen and oxygen atoms in total. The maximum Gasteiger partial charge on any atom is 0.234 e. The number of amides is 1. The van der Waals surface area contributed by atoms with Crippen LogP contribution in [0.1, 0.15) is 16.7 Å². The van der Waals surface area contributed by atoms with Crippen molar-refractivity contribution in [2.24, 2.45) is 0 Å². The third kappa shape index (κ3) is 4.29. The number of fused-ring (bicyclic) bond motifs is 1. The van der Waals surface area contributed by atoms with Gasteiger partial charge in [0.2, 0.25) is 5.91 Å². The van der Waals surface area contributed by atoms with Crippen LogP contribution in [0, 0.1) is 5.82 Å². The lowest BCUT2D eigenvalue weighted by atomic mass is 9.99. The van der Waals surface area contributed by atoms with E-state index in [0.717, 1.165) is 17.7 Å². The molecule has 0 fully saturated rings. The van der Waals surface area contributed by atoms with Crippen molar-refractivity contribution in [3.63, 3.8) is 0 Å². The summed E-state index contributed by atoms with van der Waals surface area (Å²) in [7, 11) is 0. The van der Waals surface area contributed by atoms with E-state index in [4.69, 9.17) is 11.6 Å². The summed E-state index contributed by atoms with van der Waals surface area (Å²) in [5.74, 6) is 0.496. The molecule has 0 bridgehead atoms. The molecule has 1 amide bonds. The van der Waals surface area contributed by atoms with Crippen LogP contribution in [0.3, 0.4) is 0 Å². The van der Waals surface area contributed by atoms with Gasteiger partial charge < -0.3 is 10.6 Å². The molecular weight excluding hydrogens is 347 g/mol. The van der Waals surface area contributed by atoms with Crippen LogP contribution >= 0.6 is 23.4 Å². The summed E-state index contributed by atoms with van der Waals surface area (Å²) in [6.07, 6.45) is 0.649. The molecule has 1 aliphatic rings. The number of halogens is 2. The van der Waals surface area contributed by atoms with Crippen LogP contribution in [0.25, 0.3) is 0 Å². The van der Waals surface area contributed by atoms with Crippen LogP contribution in [0.5, 0.6) is 0 Å². The number of hydrogen-bond donors (Lipinski definition) is 2. The number of thioether (sulfide) groups is 1. The zero-order valence-corrected chi connectivity index (χ0v) is 14.6. The summed E-state index contributed by atoms with van der Waals surface area (Å²) >= 11 is 7.33. The molecule has 3 rings (SSSR count). The van der Waals surface area contributed by atoms with E-state index in [2.05, 4.69) is 10.6 Å². The van der Waals surface area contributed by atoms with E-state index in [0.29, 0.717) is 29.3 Å². The number of hydrogen-bond acceptors (Lipinski definition) is 3. The van der Waals surface area contributed by atoms with Crippen LogP contribution in [-0.2, 0) is 23.5 Å². The minimum absolute atomic E-state index is 0.193. The second-order valence-electron chi connectivity index (χ2n) is 5.66. The number of anilines is 1. The minimum atomic E-state index is -0.301. The lowest BCUT2D eigenvalue weighted by Gasteiger charge is -2.19. The van der Waals surface area contributed by atoms with Crippen LogP contribution < -0.4 is 10.6 Å². The third-order valence-electron chi connectivity index (χ3n) is 3.90. The Balaban J connectivity index is 1.54. The molecular formula is C18H18ClFN2OS. The van der Waals surface area contributed by atoms with Crippen LogP contribution in [0.2, 0.25) is 5.02 Å². The van der Waals surface area contributed by atoms with Crippen molar-refractivity contribution < 1.29 is 9.18 Å². The minimum Gasteiger partial charge on any atom is -0.323 e. The molecule has 0 radical (unpaired) electrons. The van der Waals surface area contributed by atoms with E-state index >= 15 is 0 Å². The normalized spacial score (nSPS) is 13.4. The van der Waals surface area contributed by atoms with Gasteiger partial charge in [0, 0.05) is 17.3 Å². The zero-order valence-electron chi connectivity index (χ0n) is 13.1. The molecule has 1 heterocycles. The summed E-state index contributed by atoms with van der Waals surface area (Å²) in [4.78, 5) is 12.0. The van der Waals surface area contributed by atoms with Crippen molar-refractivity contribution in [3.05, 3.63) is 63.9 Å². The molecule has 0 aromatic heterocycles. The molecule has 24 heavy (non-hydrogen) atoms. The fraction of sp³-hybridized carbons (Fsp3) is 0.278. The van der Waals surface area contributed by atoms with E-state index in [1.54, 1.807) is 6.07 Å². The molecule has 2 N–H and O–H groups in total. The van der Waals surface area contributed by atoms with Gasteiger partial charge >= 0.3 is 0 Å². The van der Waals surface area contributed by atoms with Crippen LogP contribution in [-0.4, -0.2) is 18.2 Å². The monoisotopic (exact) mass is 364 g/mol. The van der Waals surface area contributed by atoms with Gasteiger partial charge in [0.15, 0.2) is 0 Å². The Morgan fingerprint density at radius 3 is 2.83 bits per heavy atom. The topological polar surface area (TPSA) is 41.1 Å². The fourth-order valence-corrected chi connectivity index (χ4v) is 3.57. The van der Waals surface area contributed by atoms with Gasteiger partial charge in [-0.25, -0.2) is 4.39 Å². The molecule has 6 heteroatoms. The van der Waals surface area contributed by atoms with Gasteiger partial charge in [-0.15, -0.1) is 11.8 Å². The predicted octanol–water partition coefficient (Wildman–Crippen LogP) is 4.00. The Bertz CT molecular complexity index is 737. The molecule has 0 saturated carbocycles. The van der Waals surface area contributed by atoms with E-state index in [9.17, 15) is 9.18 Å². The maximum absolute atomic E-state index is 14.5. The van der Waals surface area contributed by atoms with Crippen LogP contribution in [0.15, 0.2) is 36.4 Å². The number of benzene rings is 2. The van der Waals surface area contributed by atoms with Gasteiger partial charge in [-0.05, 0) is 47.9 Å². The van der Waals surface area contributed by atoms with E-state index in [1.165, 1.54) is 11.8 Å². The quantitative estimate of drug-likeness (QED) is 0.842. The van der Waals surface area contributed by atoms with Gasteiger partial charge in [-0.1, -0.05) is 29.8 Å². The van der Waals surface area contributed by atoms with Crippen molar-refractivity contribution >= 4 is 35.0 Å². The average molecular weight is 365 g/mol. The second-order valence-corrected chi connectivity index (χ2v) is 7.08. The average Bonchev–Trinajstić information content (AvgIpc) is 2.59. The van der Waals surface area contributed by atoms with Crippen molar-refractivity contribution in [2.45, 2.75) is 18.7 Å². The summed E-state index contributed by atoms with van der Waals surface area (Å²) in [6.45, 7) is 1.44. The van der Waals surface area contributed by atoms with Crippen molar-refractivity contribution in [1.82, 2.24) is 5.32 Å². The predicted molar refractivity (Wildman–Crippen MR) is 98.1 cm³/mol. The molecule has 2 aromatic rings. The number of nitrogens with one attached hydrogen (secondary N) is 2. The Kier molecular flexibility index (Phi) is 5.76. The molecule has 0 aliphatic carbocycles. The van der Waals surface area contributed by atoms with E-state index in [1.807, 2.05) is 30.3 Å². The smallest absolute Gasteiger partial charge is 0.234 e. The standard InChI is InChI=1S/C18H18ClFN2OS/c19-14-4-1-12(2-5-14)10-24-11-17(23)22-16-6-3-13-9-21-8-7-15(13)18(16)20/h1-6,21H,7-11H2,(H,22,23). The Labute approximate surface area is 150 Å². The Hall–Kier alpha value is -1.56. The highest BCUT2D eigenvalue weighted by Crippen LogP contribution is 2.25. The maximum atomic E-state index is 14.5. The Morgan fingerprint density at radius 2 is 2.04 bits per heavy atom. The first-order valence-electron chi connectivity index (χ1n) is 7.76. The van der Waals surface area contributed by atoms with Gasteiger partial charge in [-0.2, -0.15) is 0 Å². The van der Waals surface area contributed by atoms with Crippen molar-refractivity contribution in [3.8, 4) is 0 Å². The SMILES string of the molecule is O=C(CSCc1ccc(Cl)cc1)Nc1ccc2c(c1F)CCNC2. The highest BCUT2D eigenvalue weighted by Gasteiger charge is 2.17. The van der Waals surface area contributed by atoms with Crippen LogP contribution in [0.4, 0.5) is 10.1 Å². The van der Waals surface area contributed by atoms with Crippen molar-refractivity contribution in [1.29, 1.82) is 0 Å². The summed E-state index contributed by atoms with van der Waals surface area (Å²) in [5.41, 5.74) is 3.05. The molecule has 0 saturated heterocycles. The number of rotatable bonds is 5. The molecule has 0 spiro atoms. The van der Waals surface area contributed by atoms with Gasteiger partial charge in [-0.3, -0.25) is 4.79 Å². The first-order chi connectivity index (χ1) is 11.6. The molecule has 0 unspecified atom stereocenters.